The summed E-state index contributed by atoms with van der Waals surface area (Å²) in [5.74, 6) is 0.366. The van der Waals surface area contributed by atoms with E-state index in [9.17, 15) is 13.2 Å². The fourth-order valence-electron chi connectivity index (χ4n) is 5.18. The summed E-state index contributed by atoms with van der Waals surface area (Å²) in [7, 11) is 0. The first-order chi connectivity index (χ1) is 17.4. The summed E-state index contributed by atoms with van der Waals surface area (Å²) < 4.78 is 43.4. The zero-order chi connectivity index (χ0) is 26.1. The average Bonchev–Trinajstić information content (AvgIpc) is 2.97. The molecule has 4 atom stereocenters. The van der Waals surface area contributed by atoms with Crippen molar-refractivity contribution in [2.75, 3.05) is 13.2 Å². The van der Waals surface area contributed by atoms with Gasteiger partial charge in [-0.15, -0.1) is 6.58 Å². The summed E-state index contributed by atoms with van der Waals surface area (Å²) in [6.45, 7) is 5.33. The summed E-state index contributed by atoms with van der Waals surface area (Å²) in [6, 6.07) is 8.80. The fourth-order valence-corrected chi connectivity index (χ4v) is 5.18. The Morgan fingerprint density at radius 2 is 2.08 bits per heavy atom. The summed E-state index contributed by atoms with van der Waals surface area (Å²) in [4.78, 5) is 4.73. The molecule has 4 unspecified atom stereocenters. The Hall–Kier alpha value is -2.67. The Morgan fingerprint density at radius 3 is 2.72 bits per heavy atom. The van der Waals surface area contributed by atoms with Gasteiger partial charge in [0.05, 0.1) is 0 Å². The molecule has 36 heavy (non-hydrogen) atoms. The molecule has 1 aromatic heterocycles. The van der Waals surface area contributed by atoms with E-state index in [4.69, 9.17) is 10.4 Å². The molecule has 0 amide bonds. The Morgan fingerprint density at radius 1 is 1.28 bits per heavy atom. The molecule has 3 rings (SSSR count). The van der Waals surface area contributed by atoms with E-state index in [-0.39, 0.29) is 23.6 Å². The molecule has 0 fully saturated rings. The number of halogens is 3. The van der Waals surface area contributed by atoms with Gasteiger partial charge in [0.1, 0.15) is 12.4 Å². The van der Waals surface area contributed by atoms with Crippen molar-refractivity contribution in [3.05, 3.63) is 71.6 Å². The molecule has 0 spiro atoms. The van der Waals surface area contributed by atoms with Gasteiger partial charge < -0.3 is 15.5 Å². The third-order valence-corrected chi connectivity index (χ3v) is 7.24. The molecule has 2 N–H and O–H groups in total. The van der Waals surface area contributed by atoms with Crippen LogP contribution in [0.5, 0.6) is 5.75 Å². The first-order valence-electron chi connectivity index (χ1n) is 12.9. The maximum atomic E-state index is 13.2. The van der Waals surface area contributed by atoms with Crippen LogP contribution in [0.25, 0.3) is 0 Å². The molecule has 2 aromatic rings. The molecule has 1 heterocycles. The average molecular weight is 502 g/mol. The van der Waals surface area contributed by atoms with Gasteiger partial charge in [-0.3, -0.25) is 4.98 Å². The maximum Gasteiger partial charge on any atom is 0.387 e. The first kappa shape index (κ1) is 27.9. The number of aromatic nitrogens is 1. The Balaban J connectivity index is 1.77. The molecule has 1 aliphatic rings. The number of fused-ring (bicyclic) bond motifs is 1. The molecule has 0 saturated heterocycles. The Labute approximate surface area is 212 Å². The Bertz CT molecular complexity index is 996. The highest BCUT2D eigenvalue weighted by molar-refractivity contribution is 6.04. The lowest BCUT2D eigenvalue weighted by Crippen LogP contribution is -2.32. The van der Waals surface area contributed by atoms with Gasteiger partial charge in [0.2, 0.25) is 0 Å². The van der Waals surface area contributed by atoms with Crippen LogP contribution in [0.3, 0.4) is 0 Å². The van der Waals surface area contributed by atoms with E-state index in [0.717, 1.165) is 60.9 Å². The molecule has 0 aliphatic heterocycles. The van der Waals surface area contributed by atoms with Crippen LogP contribution in [0.15, 0.2) is 49.2 Å². The van der Waals surface area contributed by atoms with E-state index in [0.29, 0.717) is 18.2 Å². The number of ether oxygens (including phenoxy) is 1. The topological polar surface area (TPSA) is 58.0 Å². The van der Waals surface area contributed by atoms with E-state index in [1.807, 2.05) is 18.3 Å². The third-order valence-electron chi connectivity index (χ3n) is 7.24. The number of allylic oxidation sites excluding steroid dienone is 1. The summed E-state index contributed by atoms with van der Waals surface area (Å²) >= 11 is 0. The highest BCUT2D eigenvalue weighted by atomic mass is 19.3. The van der Waals surface area contributed by atoms with Gasteiger partial charge in [-0.25, -0.2) is 4.39 Å². The molecule has 1 aromatic carbocycles. The summed E-state index contributed by atoms with van der Waals surface area (Å²) in [6.07, 6.45) is 8.68. The van der Waals surface area contributed by atoms with Gasteiger partial charge >= 0.3 is 6.61 Å². The monoisotopic (exact) mass is 501 g/mol. The molecule has 0 saturated carbocycles. The zero-order valence-corrected chi connectivity index (χ0v) is 21.3. The van der Waals surface area contributed by atoms with Gasteiger partial charge in [-0.05, 0) is 85.0 Å². The first-order valence-corrected chi connectivity index (χ1v) is 12.9. The van der Waals surface area contributed by atoms with Crippen LogP contribution in [0, 0.1) is 11.3 Å². The number of hydrogen-bond acceptors (Lipinski definition) is 4. The van der Waals surface area contributed by atoms with Crippen molar-refractivity contribution >= 4 is 5.71 Å². The SMILES string of the molecule is C=CCCC(CF)NCCc1ccc(C2CC(CCC)C(C)c3cc(OC(F)F)ccc3C2=N)nc1. The number of nitrogens with zero attached hydrogens (tertiary/aromatic N) is 1. The van der Waals surface area contributed by atoms with Crippen LogP contribution in [0.1, 0.15) is 80.2 Å². The minimum Gasteiger partial charge on any atom is -0.435 e. The third kappa shape index (κ3) is 7.19. The van der Waals surface area contributed by atoms with Crippen molar-refractivity contribution < 1.29 is 17.9 Å². The van der Waals surface area contributed by atoms with Crippen LogP contribution < -0.4 is 10.1 Å². The number of hydrogen-bond donors (Lipinski definition) is 2. The predicted octanol–water partition coefficient (Wildman–Crippen LogP) is 7.19. The summed E-state index contributed by atoms with van der Waals surface area (Å²) in [5, 5.41) is 12.3. The van der Waals surface area contributed by atoms with Crippen LogP contribution in [0.2, 0.25) is 0 Å². The maximum absolute atomic E-state index is 13.2. The quantitative estimate of drug-likeness (QED) is 0.225. The highest BCUT2D eigenvalue weighted by Gasteiger charge is 2.34. The number of nitrogens with one attached hydrogen (secondary N) is 2. The number of benzene rings is 1. The second-order valence-corrected chi connectivity index (χ2v) is 9.68. The standard InChI is InChI=1S/C29H38F3N3O/c1-4-6-8-22(17-30)34-14-13-20-9-12-27(35-18-20)26-15-21(7-5-2)19(3)25-16-23(36-29(31)32)10-11-24(25)28(26)33/h4,9-12,16,18-19,21-22,26,29,33-34H,1,5-8,13-15,17H2,2-3H3. The molecular formula is C29H38F3N3O. The van der Waals surface area contributed by atoms with E-state index in [1.54, 1.807) is 18.2 Å². The van der Waals surface area contributed by atoms with Crippen molar-refractivity contribution in [3.63, 3.8) is 0 Å². The van der Waals surface area contributed by atoms with Crippen LogP contribution in [-0.4, -0.2) is 36.6 Å². The second kappa shape index (κ2) is 13.6. The summed E-state index contributed by atoms with van der Waals surface area (Å²) in [5.41, 5.74) is 4.04. The van der Waals surface area contributed by atoms with Crippen molar-refractivity contribution in [1.82, 2.24) is 10.3 Å². The van der Waals surface area contributed by atoms with Crippen molar-refractivity contribution in [3.8, 4) is 5.75 Å². The lowest BCUT2D eigenvalue weighted by Gasteiger charge is -2.24. The van der Waals surface area contributed by atoms with Crippen LogP contribution in [0.4, 0.5) is 13.2 Å². The minimum absolute atomic E-state index is 0.112. The normalized spacial score (nSPS) is 20.6. The molecular weight excluding hydrogens is 463 g/mol. The van der Waals surface area contributed by atoms with Gasteiger partial charge in [0.25, 0.3) is 0 Å². The molecule has 1 aliphatic carbocycles. The molecule has 4 nitrogen and oxygen atoms in total. The lowest BCUT2D eigenvalue weighted by atomic mass is 9.81. The van der Waals surface area contributed by atoms with E-state index in [1.165, 1.54) is 6.07 Å². The number of rotatable bonds is 13. The second-order valence-electron chi connectivity index (χ2n) is 9.68. The predicted molar refractivity (Wildman–Crippen MR) is 139 cm³/mol. The van der Waals surface area contributed by atoms with E-state index in [2.05, 4.69) is 30.5 Å². The van der Waals surface area contributed by atoms with Crippen molar-refractivity contribution in [2.24, 2.45) is 5.92 Å². The van der Waals surface area contributed by atoms with Crippen molar-refractivity contribution in [2.45, 2.75) is 76.9 Å². The molecule has 196 valence electrons. The van der Waals surface area contributed by atoms with Gasteiger partial charge in [-0.2, -0.15) is 8.78 Å². The highest BCUT2D eigenvalue weighted by Crippen LogP contribution is 2.43. The van der Waals surface area contributed by atoms with Crippen LogP contribution in [-0.2, 0) is 6.42 Å². The fraction of sp³-hybridized carbons (Fsp3) is 0.517. The lowest BCUT2D eigenvalue weighted by molar-refractivity contribution is -0.0499. The Kier molecular flexibility index (Phi) is 10.5. The van der Waals surface area contributed by atoms with Gasteiger partial charge in [0, 0.05) is 29.6 Å². The zero-order valence-electron chi connectivity index (χ0n) is 21.3. The number of alkyl halides is 3. The number of pyridine rings is 1. The molecule has 0 radical (unpaired) electrons. The van der Waals surface area contributed by atoms with Gasteiger partial charge in [-0.1, -0.05) is 38.8 Å². The molecule has 7 heteroatoms. The molecule has 0 bridgehead atoms. The van der Waals surface area contributed by atoms with Gasteiger partial charge in [0.15, 0.2) is 0 Å². The van der Waals surface area contributed by atoms with E-state index >= 15 is 0 Å². The van der Waals surface area contributed by atoms with E-state index < -0.39 is 13.3 Å². The minimum atomic E-state index is -2.88. The largest absolute Gasteiger partial charge is 0.435 e. The van der Waals surface area contributed by atoms with Crippen molar-refractivity contribution in [1.29, 1.82) is 5.41 Å². The van der Waals surface area contributed by atoms with Crippen LogP contribution >= 0.6 is 0 Å². The smallest absolute Gasteiger partial charge is 0.387 e.